The first-order valence-corrected chi connectivity index (χ1v) is 9.95. The summed E-state index contributed by atoms with van der Waals surface area (Å²) >= 11 is 0. The van der Waals surface area contributed by atoms with E-state index < -0.39 is 0 Å². The molecule has 1 aliphatic heterocycles. The monoisotopic (exact) mass is 393 g/mol. The lowest BCUT2D eigenvalue weighted by Crippen LogP contribution is -2.33. The summed E-state index contributed by atoms with van der Waals surface area (Å²) in [5.41, 5.74) is 5.18. The van der Waals surface area contributed by atoms with E-state index in [1.54, 1.807) is 7.05 Å². The van der Waals surface area contributed by atoms with Gasteiger partial charge in [0.15, 0.2) is 0 Å². The number of aromatic nitrogens is 4. The Morgan fingerprint density at radius 3 is 2.86 bits per heavy atom. The molecular formula is C21H27N7O. The Balaban J connectivity index is 1.47. The molecule has 1 atom stereocenters. The molecule has 4 rings (SSSR count). The Morgan fingerprint density at radius 2 is 2.07 bits per heavy atom. The summed E-state index contributed by atoms with van der Waals surface area (Å²) in [5.74, 6) is 0.820. The number of imidazole rings is 1. The topological polar surface area (TPSA) is 87.5 Å². The van der Waals surface area contributed by atoms with Crippen LogP contribution in [0.1, 0.15) is 39.7 Å². The van der Waals surface area contributed by atoms with E-state index >= 15 is 0 Å². The average molecular weight is 393 g/mol. The molecule has 0 aromatic carbocycles. The van der Waals surface area contributed by atoms with Crippen molar-refractivity contribution in [2.45, 2.75) is 39.8 Å². The lowest BCUT2D eigenvalue weighted by atomic mass is 10.2. The van der Waals surface area contributed by atoms with Crippen molar-refractivity contribution in [2.75, 3.05) is 25.0 Å². The fourth-order valence-corrected chi connectivity index (χ4v) is 3.90. The van der Waals surface area contributed by atoms with Crippen molar-refractivity contribution in [3.05, 3.63) is 52.9 Å². The maximum atomic E-state index is 12.0. The summed E-state index contributed by atoms with van der Waals surface area (Å²) in [7, 11) is 1.60. The summed E-state index contributed by atoms with van der Waals surface area (Å²) in [6.07, 6.45) is 2.96. The Bertz CT molecular complexity index is 1060. The van der Waals surface area contributed by atoms with Crippen molar-refractivity contribution in [1.82, 2.24) is 30.0 Å². The predicted molar refractivity (Wildman–Crippen MR) is 112 cm³/mol. The van der Waals surface area contributed by atoms with Gasteiger partial charge in [-0.1, -0.05) is 6.07 Å². The number of hydrogen-bond donors (Lipinski definition) is 2. The maximum absolute atomic E-state index is 12.0. The van der Waals surface area contributed by atoms with Crippen LogP contribution >= 0.6 is 0 Å². The Morgan fingerprint density at radius 1 is 1.24 bits per heavy atom. The third kappa shape index (κ3) is 3.67. The van der Waals surface area contributed by atoms with Gasteiger partial charge >= 0.3 is 0 Å². The van der Waals surface area contributed by atoms with Crippen molar-refractivity contribution < 1.29 is 4.79 Å². The number of fused-ring (bicyclic) bond motifs is 1. The second kappa shape index (κ2) is 7.79. The van der Waals surface area contributed by atoms with Crippen molar-refractivity contribution >= 4 is 17.4 Å². The molecule has 3 aromatic rings. The number of aryl methyl sites for hydroxylation is 2. The molecule has 1 amide bonds. The number of rotatable bonds is 5. The number of nitrogens with zero attached hydrogens (tertiary/aromatic N) is 5. The minimum Gasteiger partial charge on any atom is -0.355 e. The standard InChI is InChI=1S/C21H27N7O/c1-13-6-5-7-18-24-11-17(28(13)18)10-23-16-8-9-27(12-16)20-14(2)15(3)25-19(26-20)21(29)22-4/h5-7,11,16,23H,8-10,12H2,1-4H3,(H,22,29)/t16-/m1/s1. The molecule has 0 bridgehead atoms. The Labute approximate surface area is 170 Å². The average Bonchev–Trinajstić information content (AvgIpc) is 3.35. The second-order valence-electron chi connectivity index (χ2n) is 7.58. The van der Waals surface area contributed by atoms with Crippen LogP contribution in [0.25, 0.3) is 5.65 Å². The molecule has 8 nitrogen and oxygen atoms in total. The van der Waals surface area contributed by atoms with E-state index in [4.69, 9.17) is 0 Å². The summed E-state index contributed by atoms with van der Waals surface area (Å²) in [5, 5.41) is 6.27. The molecular weight excluding hydrogens is 366 g/mol. The first-order chi connectivity index (χ1) is 14.0. The molecule has 8 heteroatoms. The largest absolute Gasteiger partial charge is 0.355 e. The molecule has 1 saturated heterocycles. The number of anilines is 1. The zero-order valence-electron chi connectivity index (χ0n) is 17.4. The molecule has 0 unspecified atom stereocenters. The molecule has 0 saturated carbocycles. The SMILES string of the molecule is CNC(=O)c1nc(C)c(C)c(N2CC[C@@H](NCc3cnc4cccc(C)n34)C2)n1. The first-order valence-electron chi connectivity index (χ1n) is 9.95. The van der Waals surface area contributed by atoms with Crippen LogP contribution in [-0.2, 0) is 6.54 Å². The van der Waals surface area contributed by atoms with Crippen LogP contribution in [0.5, 0.6) is 0 Å². The molecule has 1 aliphatic rings. The summed E-state index contributed by atoms with van der Waals surface area (Å²) in [6, 6.07) is 6.50. The number of carbonyl (C=O) groups excluding carboxylic acids is 1. The lowest BCUT2D eigenvalue weighted by Gasteiger charge is -2.21. The maximum Gasteiger partial charge on any atom is 0.288 e. The smallest absolute Gasteiger partial charge is 0.288 e. The highest BCUT2D eigenvalue weighted by Crippen LogP contribution is 2.24. The van der Waals surface area contributed by atoms with Crippen molar-refractivity contribution in [3.63, 3.8) is 0 Å². The summed E-state index contributed by atoms with van der Waals surface area (Å²) in [4.78, 5) is 27.6. The fourth-order valence-electron chi connectivity index (χ4n) is 3.90. The van der Waals surface area contributed by atoms with Crippen molar-refractivity contribution in [3.8, 4) is 0 Å². The van der Waals surface area contributed by atoms with Gasteiger partial charge in [-0.25, -0.2) is 15.0 Å². The molecule has 3 aromatic heterocycles. The third-order valence-corrected chi connectivity index (χ3v) is 5.65. The van der Waals surface area contributed by atoms with Gasteiger partial charge in [-0.3, -0.25) is 4.79 Å². The first kappa shape index (κ1) is 19.3. The summed E-state index contributed by atoms with van der Waals surface area (Å²) in [6.45, 7) is 8.54. The van der Waals surface area contributed by atoms with Crippen LogP contribution in [0.3, 0.4) is 0 Å². The quantitative estimate of drug-likeness (QED) is 0.687. The predicted octanol–water partition coefficient (Wildman–Crippen LogP) is 1.78. The van der Waals surface area contributed by atoms with Crippen molar-refractivity contribution in [1.29, 1.82) is 0 Å². The van der Waals surface area contributed by atoms with Gasteiger partial charge in [-0.2, -0.15) is 0 Å². The van der Waals surface area contributed by atoms with Gasteiger partial charge in [-0.15, -0.1) is 0 Å². The third-order valence-electron chi connectivity index (χ3n) is 5.65. The van der Waals surface area contributed by atoms with E-state index in [9.17, 15) is 4.79 Å². The highest BCUT2D eigenvalue weighted by Gasteiger charge is 2.26. The van der Waals surface area contributed by atoms with E-state index in [1.807, 2.05) is 32.2 Å². The van der Waals surface area contributed by atoms with Gasteiger partial charge in [-0.05, 0) is 39.3 Å². The number of hydrogen-bond acceptors (Lipinski definition) is 6. The van der Waals surface area contributed by atoms with Gasteiger partial charge < -0.3 is 19.9 Å². The molecule has 2 N–H and O–H groups in total. The highest BCUT2D eigenvalue weighted by molar-refractivity contribution is 5.90. The van der Waals surface area contributed by atoms with E-state index in [0.29, 0.717) is 6.04 Å². The zero-order chi connectivity index (χ0) is 20.5. The number of pyridine rings is 1. The van der Waals surface area contributed by atoms with Crippen LogP contribution in [0.4, 0.5) is 5.82 Å². The van der Waals surface area contributed by atoms with Gasteiger partial charge in [0.2, 0.25) is 5.82 Å². The van der Waals surface area contributed by atoms with E-state index in [2.05, 4.69) is 47.9 Å². The molecule has 1 fully saturated rings. The van der Waals surface area contributed by atoms with Gasteiger partial charge in [0, 0.05) is 49.7 Å². The van der Waals surface area contributed by atoms with Gasteiger partial charge in [0.05, 0.1) is 11.9 Å². The van der Waals surface area contributed by atoms with Crippen LogP contribution in [-0.4, -0.2) is 51.4 Å². The second-order valence-corrected chi connectivity index (χ2v) is 7.58. The van der Waals surface area contributed by atoms with Gasteiger partial charge in [0.25, 0.3) is 5.91 Å². The van der Waals surface area contributed by atoms with Crippen LogP contribution in [0.15, 0.2) is 24.4 Å². The minimum absolute atomic E-state index is 0.225. The Kier molecular flexibility index (Phi) is 5.19. The fraction of sp³-hybridized carbons (Fsp3) is 0.429. The molecule has 0 aliphatic carbocycles. The minimum atomic E-state index is -0.258. The van der Waals surface area contributed by atoms with Crippen LogP contribution < -0.4 is 15.5 Å². The number of amides is 1. The lowest BCUT2D eigenvalue weighted by molar-refractivity contribution is 0.0952. The highest BCUT2D eigenvalue weighted by atomic mass is 16.2. The normalized spacial score (nSPS) is 16.6. The van der Waals surface area contributed by atoms with E-state index in [1.165, 1.54) is 5.69 Å². The molecule has 0 spiro atoms. The zero-order valence-corrected chi connectivity index (χ0v) is 17.4. The van der Waals surface area contributed by atoms with E-state index in [-0.39, 0.29) is 11.7 Å². The van der Waals surface area contributed by atoms with Crippen LogP contribution in [0.2, 0.25) is 0 Å². The molecule has 4 heterocycles. The Hall–Kier alpha value is -3.00. The molecule has 29 heavy (non-hydrogen) atoms. The molecule has 152 valence electrons. The molecule has 0 radical (unpaired) electrons. The summed E-state index contributed by atoms with van der Waals surface area (Å²) < 4.78 is 2.19. The number of nitrogens with one attached hydrogen (secondary N) is 2. The van der Waals surface area contributed by atoms with Gasteiger partial charge in [0.1, 0.15) is 11.5 Å². The van der Waals surface area contributed by atoms with Crippen molar-refractivity contribution in [2.24, 2.45) is 0 Å². The van der Waals surface area contributed by atoms with Crippen LogP contribution in [0, 0.1) is 20.8 Å². The van der Waals surface area contributed by atoms with E-state index in [0.717, 1.165) is 54.5 Å². The number of carbonyl (C=O) groups is 1.